The number of nitrogens with one attached hydrogen (secondary N) is 1. The molecule has 1 amide bonds. The fourth-order valence-corrected chi connectivity index (χ4v) is 4.79. The Kier molecular flexibility index (Phi) is 7.12. The molecule has 1 fully saturated rings. The second kappa shape index (κ2) is 9.59. The van der Waals surface area contributed by atoms with Crippen molar-refractivity contribution in [2.45, 2.75) is 37.2 Å². The summed E-state index contributed by atoms with van der Waals surface area (Å²) in [7, 11) is -3.67. The van der Waals surface area contributed by atoms with E-state index in [0.29, 0.717) is 23.8 Å². The molecule has 0 spiro atoms. The quantitative estimate of drug-likeness (QED) is 0.677. The van der Waals surface area contributed by atoms with E-state index in [-0.39, 0.29) is 10.5 Å². The van der Waals surface area contributed by atoms with Crippen LogP contribution in [0.5, 0.6) is 0 Å². The van der Waals surface area contributed by atoms with Gasteiger partial charge in [0.25, 0.3) is 5.91 Å². The molecule has 2 aromatic carbocycles. The molecule has 1 saturated heterocycles. The number of carbonyl (C=O) groups excluding carboxylic acids is 2. The van der Waals surface area contributed by atoms with E-state index >= 15 is 0 Å². The van der Waals surface area contributed by atoms with Crippen molar-refractivity contribution in [2.24, 2.45) is 0 Å². The summed E-state index contributed by atoms with van der Waals surface area (Å²) in [5, 5.41) is 3.16. The first-order valence-electron chi connectivity index (χ1n) is 9.65. The minimum atomic E-state index is -3.67. The molecule has 3 rings (SSSR count). The highest BCUT2D eigenvalue weighted by Gasteiger charge is 2.27. The molecular formula is C21H23ClN2O5S. The lowest BCUT2D eigenvalue weighted by Crippen LogP contribution is -2.35. The van der Waals surface area contributed by atoms with Gasteiger partial charge in [0.05, 0.1) is 10.5 Å². The summed E-state index contributed by atoms with van der Waals surface area (Å²) in [6, 6.07) is 12.2. The number of rotatable bonds is 6. The average Bonchev–Trinajstić information content (AvgIpc) is 2.76. The fourth-order valence-electron chi connectivity index (χ4n) is 3.10. The number of hydrogen-bond acceptors (Lipinski definition) is 5. The average molecular weight is 451 g/mol. The van der Waals surface area contributed by atoms with Gasteiger partial charge in [-0.25, -0.2) is 13.2 Å². The molecule has 160 valence electrons. The van der Waals surface area contributed by atoms with E-state index in [1.54, 1.807) is 24.3 Å². The topological polar surface area (TPSA) is 92.8 Å². The Labute approximate surface area is 181 Å². The zero-order valence-corrected chi connectivity index (χ0v) is 18.1. The molecule has 1 atom stereocenters. The normalized spacial score (nSPS) is 15.9. The molecule has 0 bridgehead atoms. The van der Waals surface area contributed by atoms with Crippen LogP contribution < -0.4 is 5.32 Å². The predicted molar refractivity (Wildman–Crippen MR) is 114 cm³/mol. The number of hydrogen-bond donors (Lipinski definition) is 1. The molecule has 2 aromatic rings. The highest BCUT2D eigenvalue weighted by atomic mass is 35.5. The number of sulfonamides is 1. The lowest BCUT2D eigenvalue weighted by Gasteiger charge is -2.26. The molecule has 7 nitrogen and oxygen atoms in total. The third-order valence-corrected chi connectivity index (χ3v) is 6.93. The second-order valence-electron chi connectivity index (χ2n) is 7.04. The van der Waals surface area contributed by atoms with E-state index in [4.69, 9.17) is 16.3 Å². The molecule has 0 saturated carbocycles. The number of piperidine rings is 1. The number of ether oxygens (including phenoxy) is 1. The molecule has 1 heterocycles. The van der Waals surface area contributed by atoms with Crippen molar-refractivity contribution in [3.63, 3.8) is 0 Å². The Bertz CT molecular complexity index is 1020. The van der Waals surface area contributed by atoms with Crippen LogP contribution in [0.3, 0.4) is 0 Å². The summed E-state index contributed by atoms with van der Waals surface area (Å²) in [6.45, 7) is 2.38. The van der Waals surface area contributed by atoms with E-state index in [1.165, 1.54) is 35.5 Å². The van der Waals surface area contributed by atoms with Crippen LogP contribution in [0, 0.1) is 0 Å². The minimum absolute atomic E-state index is 0.0390. The molecule has 0 aliphatic carbocycles. The van der Waals surface area contributed by atoms with Gasteiger partial charge in [-0.3, -0.25) is 4.79 Å². The number of halogens is 1. The third-order valence-electron chi connectivity index (χ3n) is 4.79. The van der Waals surface area contributed by atoms with Gasteiger partial charge < -0.3 is 10.1 Å². The van der Waals surface area contributed by atoms with Crippen LogP contribution >= 0.6 is 11.6 Å². The first kappa shape index (κ1) is 22.3. The van der Waals surface area contributed by atoms with Crippen LogP contribution in [-0.4, -0.2) is 43.8 Å². The van der Waals surface area contributed by atoms with Gasteiger partial charge in [-0.05, 0) is 62.2 Å². The second-order valence-corrected chi connectivity index (χ2v) is 9.41. The van der Waals surface area contributed by atoms with Crippen molar-refractivity contribution in [1.82, 2.24) is 4.31 Å². The van der Waals surface area contributed by atoms with E-state index in [0.717, 1.165) is 19.3 Å². The minimum Gasteiger partial charge on any atom is -0.449 e. The summed E-state index contributed by atoms with van der Waals surface area (Å²) in [6.07, 6.45) is 1.58. The number of benzene rings is 2. The molecule has 0 aromatic heterocycles. The molecule has 30 heavy (non-hydrogen) atoms. The van der Waals surface area contributed by atoms with E-state index in [9.17, 15) is 18.0 Å². The SMILES string of the molecule is CC(OC(=O)c1cccc(S(=O)(=O)N2CCCCC2)c1)C(=O)Nc1ccc(Cl)cc1. The highest BCUT2D eigenvalue weighted by Crippen LogP contribution is 2.22. The summed E-state index contributed by atoms with van der Waals surface area (Å²) in [4.78, 5) is 24.8. The molecule has 1 N–H and O–H groups in total. The van der Waals surface area contributed by atoms with Gasteiger partial charge >= 0.3 is 5.97 Å². The Morgan fingerprint density at radius 2 is 1.73 bits per heavy atom. The Morgan fingerprint density at radius 3 is 2.40 bits per heavy atom. The molecule has 9 heteroatoms. The van der Waals surface area contributed by atoms with Crippen LogP contribution in [0.15, 0.2) is 53.4 Å². The highest BCUT2D eigenvalue weighted by molar-refractivity contribution is 7.89. The van der Waals surface area contributed by atoms with Gasteiger partial charge in [0.2, 0.25) is 10.0 Å². The van der Waals surface area contributed by atoms with Gasteiger partial charge in [0.1, 0.15) is 0 Å². The van der Waals surface area contributed by atoms with Crippen molar-refractivity contribution in [3.05, 3.63) is 59.1 Å². The summed E-state index contributed by atoms with van der Waals surface area (Å²) in [5.74, 6) is -1.28. The van der Waals surface area contributed by atoms with Crippen molar-refractivity contribution >= 4 is 39.2 Å². The maximum Gasteiger partial charge on any atom is 0.338 e. The number of esters is 1. The van der Waals surface area contributed by atoms with Gasteiger partial charge in [-0.2, -0.15) is 4.31 Å². The van der Waals surface area contributed by atoms with Crippen molar-refractivity contribution < 1.29 is 22.7 Å². The van der Waals surface area contributed by atoms with Crippen LogP contribution in [0.25, 0.3) is 0 Å². The molecule has 0 radical (unpaired) electrons. The molecule has 1 aliphatic rings. The first-order valence-corrected chi connectivity index (χ1v) is 11.5. The standard InChI is InChI=1S/C21H23ClN2O5S/c1-15(20(25)23-18-10-8-17(22)9-11-18)29-21(26)16-6-5-7-19(14-16)30(27,28)24-12-3-2-4-13-24/h5-11,14-15H,2-4,12-13H2,1H3,(H,23,25). The van der Waals surface area contributed by atoms with Crippen LogP contribution in [0.2, 0.25) is 5.02 Å². The van der Waals surface area contributed by atoms with E-state index in [2.05, 4.69) is 5.32 Å². The van der Waals surface area contributed by atoms with Gasteiger partial charge in [-0.1, -0.05) is 24.1 Å². The first-order chi connectivity index (χ1) is 14.3. The lowest BCUT2D eigenvalue weighted by molar-refractivity contribution is -0.123. The number of anilines is 1. The van der Waals surface area contributed by atoms with E-state index in [1.807, 2.05) is 0 Å². The van der Waals surface area contributed by atoms with Gasteiger partial charge in [0.15, 0.2) is 6.10 Å². The number of nitrogens with zero attached hydrogens (tertiary/aromatic N) is 1. The van der Waals surface area contributed by atoms with Crippen LogP contribution in [0.4, 0.5) is 5.69 Å². The zero-order valence-electron chi connectivity index (χ0n) is 16.5. The summed E-state index contributed by atoms with van der Waals surface area (Å²) in [5.41, 5.74) is 0.584. The van der Waals surface area contributed by atoms with Gasteiger partial charge in [0, 0.05) is 23.8 Å². The largest absolute Gasteiger partial charge is 0.449 e. The summed E-state index contributed by atoms with van der Waals surface area (Å²) < 4.78 is 32.3. The van der Waals surface area contributed by atoms with Crippen molar-refractivity contribution in [3.8, 4) is 0 Å². The fraction of sp³-hybridized carbons (Fsp3) is 0.333. The Hall–Kier alpha value is -2.42. The van der Waals surface area contributed by atoms with Gasteiger partial charge in [-0.15, -0.1) is 0 Å². The zero-order chi connectivity index (χ0) is 21.7. The number of amides is 1. The molecule has 1 unspecified atom stereocenters. The van der Waals surface area contributed by atoms with Crippen LogP contribution in [0.1, 0.15) is 36.5 Å². The summed E-state index contributed by atoms with van der Waals surface area (Å²) >= 11 is 5.81. The van der Waals surface area contributed by atoms with E-state index < -0.39 is 28.0 Å². The van der Waals surface area contributed by atoms with Crippen molar-refractivity contribution in [1.29, 1.82) is 0 Å². The predicted octanol–water partition coefficient (Wildman–Crippen LogP) is 3.70. The smallest absolute Gasteiger partial charge is 0.338 e. The monoisotopic (exact) mass is 450 g/mol. The maximum absolute atomic E-state index is 12.8. The van der Waals surface area contributed by atoms with Crippen molar-refractivity contribution in [2.75, 3.05) is 18.4 Å². The Balaban J connectivity index is 1.67. The maximum atomic E-state index is 12.8. The third kappa shape index (κ3) is 5.38. The van der Waals surface area contributed by atoms with Crippen LogP contribution in [-0.2, 0) is 19.6 Å². The lowest BCUT2D eigenvalue weighted by atomic mass is 10.2. The molecule has 1 aliphatic heterocycles. The Morgan fingerprint density at radius 1 is 1.07 bits per heavy atom. The number of carbonyl (C=O) groups is 2. The molecular weight excluding hydrogens is 428 g/mol.